The van der Waals surface area contributed by atoms with Gasteiger partial charge < -0.3 is 15.2 Å². The predicted molar refractivity (Wildman–Crippen MR) is 57.7 cm³/mol. The van der Waals surface area contributed by atoms with Gasteiger partial charge >= 0.3 is 0 Å². The van der Waals surface area contributed by atoms with Crippen LogP contribution in [0.5, 0.6) is 5.88 Å². The minimum absolute atomic E-state index is 0.390. The molecule has 5 nitrogen and oxygen atoms in total. The van der Waals surface area contributed by atoms with E-state index in [1.807, 2.05) is 0 Å². The largest absolute Gasteiger partial charge is 0.474 e. The lowest BCUT2D eigenvalue weighted by atomic mass is 10.4. The number of nitrogens with two attached hydrogens (primary N) is 1. The Kier molecular flexibility index (Phi) is 5.47. The van der Waals surface area contributed by atoms with Crippen LogP contribution in [0.4, 0.5) is 5.82 Å². The molecule has 5 heteroatoms. The van der Waals surface area contributed by atoms with Gasteiger partial charge in [0, 0.05) is 12.7 Å². The second kappa shape index (κ2) is 7.00. The molecule has 0 unspecified atom stereocenters. The van der Waals surface area contributed by atoms with E-state index in [2.05, 4.69) is 17.1 Å². The van der Waals surface area contributed by atoms with Gasteiger partial charge in [0.2, 0.25) is 5.88 Å². The summed E-state index contributed by atoms with van der Waals surface area (Å²) in [5.41, 5.74) is 5.38. The number of aromatic nitrogens is 2. The lowest BCUT2D eigenvalue weighted by Crippen LogP contribution is -2.08. The first kappa shape index (κ1) is 11.7. The topological polar surface area (TPSA) is 70.3 Å². The van der Waals surface area contributed by atoms with Crippen LogP contribution >= 0.6 is 0 Å². The first-order valence-electron chi connectivity index (χ1n) is 5.12. The Morgan fingerprint density at radius 1 is 1.20 bits per heavy atom. The molecule has 84 valence electrons. The lowest BCUT2D eigenvalue weighted by Gasteiger charge is -2.05. The molecular weight excluding hydrogens is 194 g/mol. The summed E-state index contributed by atoms with van der Waals surface area (Å²) in [5.74, 6) is 0.866. The first-order chi connectivity index (χ1) is 7.33. The van der Waals surface area contributed by atoms with Crippen molar-refractivity contribution >= 4 is 5.82 Å². The standard InChI is InChI=1S/C10H17N3O2/c1-2-3-6-14-7-8-15-10-5-4-9(11)12-13-10/h4-5H,2-3,6-8H2,1H3,(H2,11,12). The fourth-order valence-electron chi connectivity index (χ4n) is 0.961. The number of nitrogen functional groups attached to an aromatic ring is 1. The highest BCUT2D eigenvalue weighted by Gasteiger charge is 1.95. The third-order valence-corrected chi connectivity index (χ3v) is 1.78. The highest BCUT2D eigenvalue weighted by atomic mass is 16.5. The molecule has 0 fully saturated rings. The van der Waals surface area contributed by atoms with Gasteiger partial charge in [-0.2, -0.15) is 0 Å². The van der Waals surface area contributed by atoms with E-state index in [1.54, 1.807) is 12.1 Å². The molecule has 1 rings (SSSR count). The monoisotopic (exact) mass is 211 g/mol. The highest BCUT2D eigenvalue weighted by molar-refractivity contribution is 5.27. The van der Waals surface area contributed by atoms with E-state index in [0.717, 1.165) is 19.4 Å². The van der Waals surface area contributed by atoms with Crippen molar-refractivity contribution in [3.63, 3.8) is 0 Å². The minimum atomic E-state index is 0.390. The van der Waals surface area contributed by atoms with Crippen LogP contribution in [0.2, 0.25) is 0 Å². The number of hydrogen-bond donors (Lipinski definition) is 1. The van der Waals surface area contributed by atoms with Crippen LogP contribution in [0, 0.1) is 0 Å². The molecule has 0 aliphatic carbocycles. The molecule has 0 saturated heterocycles. The number of nitrogens with zero attached hydrogens (tertiary/aromatic N) is 2. The van der Waals surface area contributed by atoms with E-state index in [4.69, 9.17) is 15.2 Å². The molecule has 1 aromatic heterocycles. The van der Waals surface area contributed by atoms with Gasteiger partial charge in [0.1, 0.15) is 12.4 Å². The Morgan fingerprint density at radius 2 is 2.07 bits per heavy atom. The first-order valence-corrected chi connectivity index (χ1v) is 5.12. The molecule has 1 aromatic rings. The molecule has 2 N–H and O–H groups in total. The summed E-state index contributed by atoms with van der Waals surface area (Å²) in [7, 11) is 0. The van der Waals surface area contributed by atoms with E-state index in [-0.39, 0.29) is 0 Å². The molecule has 1 heterocycles. The number of unbranched alkanes of at least 4 members (excludes halogenated alkanes) is 1. The molecule has 0 bridgehead atoms. The summed E-state index contributed by atoms with van der Waals surface area (Å²) >= 11 is 0. The van der Waals surface area contributed by atoms with E-state index in [9.17, 15) is 0 Å². The molecule has 0 radical (unpaired) electrons. The average Bonchev–Trinajstić information content (AvgIpc) is 2.26. The maximum Gasteiger partial charge on any atom is 0.233 e. The van der Waals surface area contributed by atoms with Crippen LogP contribution in [-0.4, -0.2) is 30.0 Å². The van der Waals surface area contributed by atoms with Gasteiger partial charge in [-0.15, -0.1) is 10.2 Å². The van der Waals surface area contributed by atoms with E-state index in [1.165, 1.54) is 0 Å². The summed E-state index contributed by atoms with van der Waals surface area (Å²) in [6.45, 7) is 3.98. The normalized spacial score (nSPS) is 10.2. The zero-order valence-corrected chi connectivity index (χ0v) is 8.98. The predicted octanol–water partition coefficient (Wildman–Crippen LogP) is 1.25. The van der Waals surface area contributed by atoms with Crippen LogP contribution in [-0.2, 0) is 4.74 Å². The summed E-state index contributed by atoms with van der Waals surface area (Å²) < 4.78 is 10.6. The molecule has 15 heavy (non-hydrogen) atoms. The third kappa shape index (κ3) is 5.17. The Balaban J connectivity index is 2.07. The van der Waals surface area contributed by atoms with Crippen molar-refractivity contribution in [3.8, 4) is 5.88 Å². The molecule has 0 aliphatic heterocycles. The number of ether oxygens (including phenoxy) is 2. The van der Waals surface area contributed by atoms with Crippen LogP contribution in [0.15, 0.2) is 12.1 Å². The van der Waals surface area contributed by atoms with Gasteiger partial charge in [-0.1, -0.05) is 13.3 Å². The van der Waals surface area contributed by atoms with E-state index in [0.29, 0.717) is 24.9 Å². The molecular formula is C10H17N3O2. The van der Waals surface area contributed by atoms with E-state index < -0.39 is 0 Å². The van der Waals surface area contributed by atoms with Crippen LogP contribution < -0.4 is 10.5 Å². The van der Waals surface area contributed by atoms with Crippen molar-refractivity contribution in [1.29, 1.82) is 0 Å². The van der Waals surface area contributed by atoms with Gasteiger partial charge in [0.25, 0.3) is 0 Å². The molecule has 0 aliphatic rings. The van der Waals surface area contributed by atoms with Gasteiger partial charge in [-0.3, -0.25) is 0 Å². The fraction of sp³-hybridized carbons (Fsp3) is 0.600. The lowest BCUT2D eigenvalue weighted by molar-refractivity contribution is 0.0962. The number of rotatable bonds is 7. The highest BCUT2D eigenvalue weighted by Crippen LogP contribution is 2.04. The SMILES string of the molecule is CCCCOCCOc1ccc(N)nn1. The second-order valence-corrected chi connectivity index (χ2v) is 3.11. The third-order valence-electron chi connectivity index (χ3n) is 1.78. The smallest absolute Gasteiger partial charge is 0.233 e. The van der Waals surface area contributed by atoms with Gasteiger partial charge in [0.15, 0.2) is 0 Å². The average molecular weight is 211 g/mol. The number of hydrogen-bond acceptors (Lipinski definition) is 5. The van der Waals surface area contributed by atoms with Crippen molar-refractivity contribution < 1.29 is 9.47 Å². The quantitative estimate of drug-likeness (QED) is 0.687. The minimum Gasteiger partial charge on any atom is -0.474 e. The summed E-state index contributed by atoms with van der Waals surface area (Å²) in [6, 6.07) is 3.34. The Hall–Kier alpha value is -1.36. The van der Waals surface area contributed by atoms with Crippen molar-refractivity contribution in [2.24, 2.45) is 0 Å². The van der Waals surface area contributed by atoms with E-state index >= 15 is 0 Å². The fourth-order valence-corrected chi connectivity index (χ4v) is 0.961. The van der Waals surface area contributed by atoms with Crippen LogP contribution in [0.3, 0.4) is 0 Å². The van der Waals surface area contributed by atoms with Crippen molar-refractivity contribution in [3.05, 3.63) is 12.1 Å². The molecule has 0 atom stereocenters. The zero-order chi connectivity index (χ0) is 10.9. The molecule has 0 spiro atoms. The maximum absolute atomic E-state index is 5.38. The van der Waals surface area contributed by atoms with Crippen molar-refractivity contribution in [1.82, 2.24) is 10.2 Å². The zero-order valence-electron chi connectivity index (χ0n) is 8.98. The molecule has 0 saturated carbocycles. The molecule has 0 aromatic carbocycles. The van der Waals surface area contributed by atoms with Crippen LogP contribution in [0.1, 0.15) is 19.8 Å². The van der Waals surface area contributed by atoms with Gasteiger partial charge in [0.05, 0.1) is 6.61 Å². The summed E-state index contributed by atoms with van der Waals surface area (Å²) in [4.78, 5) is 0. The summed E-state index contributed by atoms with van der Waals surface area (Å²) in [5, 5.41) is 7.43. The van der Waals surface area contributed by atoms with Gasteiger partial charge in [-0.25, -0.2) is 0 Å². The van der Waals surface area contributed by atoms with Crippen LogP contribution in [0.25, 0.3) is 0 Å². The molecule has 0 amide bonds. The Bertz CT molecular complexity index is 264. The van der Waals surface area contributed by atoms with Gasteiger partial charge in [-0.05, 0) is 12.5 Å². The summed E-state index contributed by atoms with van der Waals surface area (Å²) in [6.07, 6.45) is 2.23. The van der Waals surface area contributed by atoms with Crippen molar-refractivity contribution in [2.45, 2.75) is 19.8 Å². The Labute approximate surface area is 89.6 Å². The van der Waals surface area contributed by atoms with Crippen molar-refractivity contribution in [2.75, 3.05) is 25.6 Å². The number of anilines is 1. The Morgan fingerprint density at radius 3 is 2.73 bits per heavy atom. The second-order valence-electron chi connectivity index (χ2n) is 3.11. The maximum atomic E-state index is 5.38.